The highest BCUT2D eigenvalue weighted by molar-refractivity contribution is 7.99. The molecule has 0 unspecified atom stereocenters. The van der Waals surface area contributed by atoms with Crippen LogP contribution in [0.25, 0.3) is 0 Å². The van der Waals surface area contributed by atoms with Gasteiger partial charge in [-0.2, -0.15) is 0 Å². The topological polar surface area (TPSA) is 39.7 Å². The third kappa shape index (κ3) is 5.46. The Bertz CT molecular complexity index is 496. The number of carbonyl (C=O) groups is 1. The summed E-state index contributed by atoms with van der Waals surface area (Å²) in [6.45, 7) is 14.4. The van der Waals surface area contributed by atoms with Gasteiger partial charge in [-0.05, 0) is 31.8 Å². The Balaban J connectivity index is 1.82. The van der Waals surface area contributed by atoms with Gasteiger partial charge in [-0.15, -0.1) is 11.8 Å². The van der Waals surface area contributed by atoms with Gasteiger partial charge in [0.25, 0.3) is 5.91 Å². The van der Waals surface area contributed by atoms with Crippen molar-refractivity contribution in [1.82, 2.24) is 19.7 Å². The minimum atomic E-state index is 0.109. The molecule has 0 aromatic carbocycles. The third-order valence-corrected chi connectivity index (χ3v) is 5.57. The number of hydrogen-bond donors (Lipinski definition) is 0. The Kier molecular flexibility index (Phi) is 8.02. The normalized spacial score (nSPS) is 15.9. The largest absolute Gasteiger partial charge is 0.336 e. The number of nitrogens with zero attached hydrogens (tertiary/aromatic N) is 4. The molecule has 1 aliphatic rings. The number of aromatic nitrogens is 1. The van der Waals surface area contributed by atoms with Gasteiger partial charge in [0.15, 0.2) is 0 Å². The minimum absolute atomic E-state index is 0.109. The molecule has 1 aliphatic heterocycles. The maximum absolute atomic E-state index is 12.5. The molecule has 0 saturated carbocycles. The van der Waals surface area contributed by atoms with Gasteiger partial charge >= 0.3 is 0 Å². The van der Waals surface area contributed by atoms with Crippen LogP contribution in [0.4, 0.5) is 0 Å². The van der Waals surface area contributed by atoms with E-state index >= 15 is 0 Å². The van der Waals surface area contributed by atoms with Crippen molar-refractivity contribution in [2.45, 2.75) is 25.8 Å². The molecule has 1 amide bonds. The second-order valence-corrected chi connectivity index (χ2v) is 7.10. The minimum Gasteiger partial charge on any atom is -0.336 e. The number of likely N-dealkylation sites (N-methyl/N-ethyl adjacent to an activating group) is 1. The molecule has 1 aromatic heterocycles. The molecule has 0 spiro atoms. The Hall–Kier alpha value is -1.11. The van der Waals surface area contributed by atoms with Crippen molar-refractivity contribution in [3.63, 3.8) is 0 Å². The van der Waals surface area contributed by atoms with Gasteiger partial charge in [-0.1, -0.05) is 20.8 Å². The quantitative estimate of drug-likeness (QED) is 0.673. The number of thioether (sulfide) groups is 1. The van der Waals surface area contributed by atoms with Crippen LogP contribution < -0.4 is 0 Å². The fourth-order valence-corrected chi connectivity index (χ4v) is 3.71. The Labute approximate surface area is 150 Å². The predicted molar refractivity (Wildman–Crippen MR) is 101 cm³/mol. The fourth-order valence-electron chi connectivity index (χ4n) is 2.86. The van der Waals surface area contributed by atoms with E-state index in [-0.39, 0.29) is 5.91 Å². The van der Waals surface area contributed by atoms with Crippen LogP contribution in [-0.4, -0.2) is 83.7 Å². The van der Waals surface area contributed by atoms with Crippen LogP contribution in [0, 0.1) is 0 Å². The van der Waals surface area contributed by atoms with Crippen molar-refractivity contribution in [3.8, 4) is 0 Å². The van der Waals surface area contributed by atoms with Crippen LogP contribution in [0.3, 0.4) is 0 Å². The van der Waals surface area contributed by atoms with Crippen molar-refractivity contribution in [1.29, 1.82) is 0 Å². The van der Waals surface area contributed by atoms with E-state index in [9.17, 15) is 4.79 Å². The highest BCUT2D eigenvalue weighted by Crippen LogP contribution is 2.16. The molecule has 2 rings (SSSR count). The van der Waals surface area contributed by atoms with E-state index in [4.69, 9.17) is 0 Å². The van der Waals surface area contributed by atoms with Crippen LogP contribution in [0.15, 0.2) is 23.4 Å². The molecule has 0 atom stereocenters. The molecule has 5 nitrogen and oxygen atoms in total. The molecule has 2 heterocycles. The van der Waals surface area contributed by atoms with Gasteiger partial charge in [0.2, 0.25) is 0 Å². The molecule has 6 heteroatoms. The van der Waals surface area contributed by atoms with Gasteiger partial charge in [-0.25, -0.2) is 4.98 Å². The van der Waals surface area contributed by atoms with E-state index in [1.807, 2.05) is 17.0 Å². The SMILES string of the molecule is CCN(CC)CCSc1ccc(C(=O)N2CCN(CC)CC2)cn1. The first-order valence-electron chi connectivity index (χ1n) is 9.00. The number of rotatable bonds is 8. The Morgan fingerprint density at radius 3 is 2.42 bits per heavy atom. The summed E-state index contributed by atoms with van der Waals surface area (Å²) < 4.78 is 0. The second-order valence-electron chi connectivity index (χ2n) is 5.99. The van der Waals surface area contributed by atoms with Gasteiger partial charge in [-0.3, -0.25) is 4.79 Å². The molecule has 24 heavy (non-hydrogen) atoms. The maximum atomic E-state index is 12.5. The number of piperazine rings is 1. The van der Waals surface area contributed by atoms with Crippen molar-refractivity contribution < 1.29 is 4.79 Å². The summed E-state index contributed by atoms with van der Waals surface area (Å²) in [7, 11) is 0. The zero-order valence-corrected chi connectivity index (χ0v) is 16.0. The first kappa shape index (κ1) is 19.2. The lowest BCUT2D eigenvalue weighted by atomic mass is 10.2. The molecule has 0 aliphatic carbocycles. The third-order valence-electron chi connectivity index (χ3n) is 4.64. The van der Waals surface area contributed by atoms with Crippen molar-refractivity contribution in [3.05, 3.63) is 23.9 Å². The summed E-state index contributed by atoms with van der Waals surface area (Å²) in [6.07, 6.45) is 1.73. The molecular weight excluding hydrogens is 320 g/mol. The van der Waals surface area contributed by atoms with Crippen molar-refractivity contribution in [2.75, 3.05) is 58.1 Å². The summed E-state index contributed by atoms with van der Waals surface area (Å²) in [4.78, 5) is 23.7. The first-order chi connectivity index (χ1) is 11.7. The summed E-state index contributed by atoms with van der Waals surface area (Å²) in [6, 6.07) is 3.89. The van der Waals surface area contributed by atoms with Crippen LogP contribution in [0.2, 0.25) is 0 Å². The van der Waals surface area contributed by atoms with E-state index in [1.54, 1.807) is 18.0 Å². The van der Waals surface area contributed by atoms with Crippen LogP contribution >= 0.6 is 11.8 Å². The number of carbonyl (C=O) groups excluding carboxylic acids is 1. The fraction of sp³-hybridized carbons (Fsp3) is 0.667. The summed E-state index contributed by atoms with van der Waals surface area (Å²) in [5.74, 6) is 1.14. The van der Waals surface area contributed by atoms with Gasteiger partial charge in [0.1, 0.15) is 0 Å². The standard InChI is InChI=1S/C18H30N4OS/c1-4-20(5-2)13-14-24-17-8-7-16(15-19-17)18(23)22-11-9-21(6-3)10-12-22/h7-8,15H,4-6,9-14H2,1-3H3. The number of pyridine rings is 1. The summed E-state index contributed by atoms with van der Waals surface area (Å²) >= 11 is 1.75. The lowest BCUT2D eigenvalue weighted by Gasteiger charge is -2.34. The highest BCUT2D eigenvalue weighted by Gasteiger charge is 2.21. The lowest BCUT2D eigenvalue weighted by molar-refractivity contribution is 0.0643. The van der Waals surface area contributed by atoms with Crippen LogP contribution in [0.1, 0.15) is 31.1 Å². The second kappa shape index (κ2) is 10.0. The smallest absolute Gasteiger partial charge is 0.255 e. The highest BCUT2D eigenvalue weighted by atomic mass is 32.2. The molecule has 134 valence electrons. The Morgan fingerprint density at radius 2 is 1.88 bits per heavy atom. The number of amides is 1. The summed E-state index contributed by atoms with van der Waals surface area (Å²) in [5.41, 5.74) is 0.702. The molecule has 0 radical (unpaired) electrons. The van der Waals surface area contributed by atoms with Crippen LogP contribution in [0.5, 0.6) is 0 Å². The predicted octanol–water partition coefficient (Wildman–Crippen LogP) is 2.29. The molecule has 1 fully saturated rings. The van der Waals surface area contributed by atoms with E-state index < -0.39 is 0 Å². The van der Waals surface area contributed by atoms with E-state index in [2.05, 4.69) is 35.6 Å². The van der Waals surface area contributed by atoms with E-state index in [0.717, 1.165) is 63.1 Å². The molecule has 0 bridgehead atoms. The van der Waals surface area contributed by atoms with E-state index in [0.29, 0.717) is 5.56 Å². The number of hydrogen-bond acceptors (Lipinski definition) is 5. The van der Waals surface area contributed by atoms with E-state index in [1.165, 1.54) is 0 Å². The van der Waals surface area contributed by atoms with Gasteiger partial charge in [0.05, 0.1) is 10.6 Å². The average Bonchev–Trinajstić information content (AvgIpc) is 2.65. The molecular formula is C18H30N4OS. The zero-order chi connectivity index (χ0) is 17.4. The van der Waals surface area contributed by atoms with Crippen LogP contribution in [-0.2, 0) is 0 Å². The molecule has 1 saturated heterocycles. The molecule has 1 aromatic rings. The average molecular weight is 351 g/mol. The lowest BCUT2D eigenvalue weighted by Crippen LogP contribution is -2.48. The maximum Gasteiger partial charge on any atom is 0.255 e. The monoisotopic (exact) mass is 350 g/mol. The first-order valence-corrected chi connectivity index (χ1v) is 9.99. The molecule has 0 N–H and O–H groups in total. The Morgan fingerprint density at radius 1 is 1.17 bits per heavy atom. The van der Waals surface area contributed by atoms with Crippen molar-refractivity contribution >= 4 is 17.7 Å². The zero-order valence-electron chi connectivity index (χ0n) is 15.2. The van der Waals surface area contributed by atoms with Gasteiger partial charge < -0.3 is 14.7 Å². The van der Waals surface area contributed by atoms with Crippen molar-refractivity contribution in [2.24, 2.45) is 0 Å². The summed E-state index contributed by atoms with van der Waals surface area (Å²) in [5, 5.41) is 0.995. The van der Waals surface area contributed by atoms with Gasteiger partial charge in [0, 0.05) is 44.7 Å².